The molecule has 1 N–H and O–H groups in total. The number of carbonyl (C=O) groups excluding carboxylic acids is 1. The maximum Gasteiger partial charge on any atom is 0.416 e. The van der Waals surface area contributed by atoms with Crippen LogP contribution in [0.1, 0.15) is 27.2 Å². The van der Waals surface area contributed by atoms with Gasteiger partial charge >= 0.3 is 6.18 Å². The number of alkyl halides is 3. The van der Waals surface area contributed by atoms with Crippen LogP contribution in [0, 0.1) is 13.8 Å². The van der Waals surface area contributed by atoms with E-state index < -0.39 is 17.6 Å². The van der Waals surface area contributed by atoms with Crippen LogP contribution in [0.15, 0.2) is 53.1 Å². The van der Waals surface area contributed by atoms with Crippen molar-refractivity contribution in [3.05, 3.63) is 71.1 Å². The van der Waals surface area contributed by atoms with Gasteiger partial charge in [-0.05, 0) is 49.2 Å². The van der Waals surface area contributed by atoms with Crippen molar-refractivity contribution in [3.8, 4) is 11.5 Å². The van der Waals surface area contributed by atoms with Crippen LogP contribution in [0.25, 0.3) is 11.5 Å². The second-order valence-electron chi connectivity index (χ2n) is 5.83. The average Bonchev–Trinajstić information content (AvgIpc) is 3.08. The summed E-state index contributed by atoms with van der Waals surface area (Å²) in [5, 5.41) is 2.78. The molecule has 3 rings (SSSR count). The van der Waals surface area contributed by atoms with E-state index in [-0.39, 0.29) is 11.6 Å². The molecule has 0 radical (unpaired) electrons. The summed E-state index contributed by atoms with van der Waals surface area (Å²) in [5.41, 5.74) is 2.14. The summed E-state index contributed by atoms with van der Waals surface area (Å²) in [4.78, 5) is 16.4. The van der Waals surface area contributed by atoms with E-state index in [1.54, 1.807) is 0 Å². The van der Waals surface area contributed by atoms with Gasteiger partial charge in [-0.1, -0.05) is 18.2 Å². The summed E-state index contributed by atoms with van der Waals surface area (Å²) >= 11 is 0. The maximum absolute atomic E-state index is 12.6. The topological polar surface area (TPSA) is 55.1 Å². The number of hydrogen-bond donors (Lipinski definition) is 1. The number of nitrogens with zero attached hydrogens (tertiary/aromatic N) is 1. The van der Waals surface area contributed by atoms with Crippen molar-refractivity contribution in [2.24, 2.45) is 0 Å². The number of hydrogen-bond acceptors (Lipinski definition) is 3. The summed E-state index contributed by atoms with van der Waals surface area (Å²) < 4.78 is 43.1. The highest BCUT2D eigenvalue weighted by Crippen LogP contribution is 2.31. The highest BCUT2D eigenvalue weighted by molar-refractivity contribution is 6.03. The van der Waals surface area contributed by atoms with Gasteiger partial charge in [0.1, 0.15) is 6.26 Å². The molecule has 134 valence electrons. The van der Waals surface area contributed by atoms with E-state index in [1.165, 1.54) is 18.4 Å². The zero-order chi connectivity index (χ0) is 18.9. The zero-order valence-electron chi connectivity index (χ0n) is 14.0. The first-order chi connectivity index (χ1) is 12.3. The fourth-order valence-electron chi connectivity index (χ4n) is 2.50. The molecule has 0 aliphatic rings. The quantitative estimate of drug-likeness (QED) is 0.696. The lowest BCUT2D eigenvalue weighted by Gasteiger charge is -2.09. The van der Waals surface area contributed by atoms with E-state index >= 15 is 0 Å². The van der Waals surface area contributed by atoms with Crippen molar-refractivity contribution in [1.29, 1.82) is 0 Å². The molecule has 0 unspecified atom stereocenters. The van der Waals surface area contributed by atoms with Gasteiger partial charge in [-0.2, -0.15) is 13.2 Å². The van der Waals surface area contributed by atoms with E-state index in [0.29, 0.717) is 11.3 Å². The van der Waals surface area contributed by atoms with Gasteiger partial charge in [-0.25, -0.2) is 4.98 Å². The standard InChI is InChI=1S/C19H15F3N2O2/c1-11-4-3-5-12(2)16(11)24-17(25)15-10-26-18(23-15)13-6-8-14(9-7-13)19(20,21)22/h3-10H,1-2H3,(H,24,25). The lowest BCUT2D eigenvalue weighted by atomic mass is 10.1. The third kappa shape index (κ3) is 3.61. The van der Waals surface area contributed by atoms with E-state index in [9.17, 15) is 18.0 Å². The van der Waals surface area contributed by atoms with Crippen molar-refractivity contribution in [2.75, 3.05) is 5.32 Å². The Labute approximate surface area is 147 Å². The number of para-hydroxylation sites is 1. The Balaban J connectivity index is 1.80. The van der Waals surface area contributed by atoms with E-state index in [1.807, 2.05) is 32.0 Å². The minimum atomic E-state index is -4.41. The Morgan fingerprint density at radius 3 is 2.23 bits per heavy atom. The Morgan fingerprint density at radius 2 is 1.65 bits per heavy atom. The van der Waals surface area contributed by atoms with Crippen LogP contribution in [-0.4, -0.2) is 10.9 Å². The predicted octanol–water partition coefficient (Wildman–Crippen LogP) is 5.23. The van der Waals surface area contributed by atoms with Crippen molar-refractivity contribution in [2.45, 2.75) is 20.0 Å². The average molecular weight is 360 g/mol. The lowest BCUT2D eigenvalue weighted by Crippen LogP contribution is -2.14. The number of halogens is 3. The highest BCUT2D eigenvalue weighted by atomic mass is 19.4. The van der Waals surface area contributed by atoms with Crippen LogP contribution >= 0.6 is 0 Å². The molecule has 3 aromatic rings. The molecule has 0 saturated carbocycles. The molecule has 1 heterocycles. The zero-order valence-corrected chi connectivity index (χ0v) is 14.0. The Bertz CT molecular complexity index is 924. The molecule has 2 aromatic carbocycles. The monoisotopic (exact) mass is 360 g/mol. The molecule has 0 bridgehead atoms. The summed E-state index contributed by atoms with van der Waals surface area (Å²) in [6, 6.07) is 10.0. The molecule has 0 spiro atoms. The van der Waals surface area contributed by atoms with Crippen LogP contribution in [0.3, 0.4) is 0 Å². The molecule has 1 amide bonds. The third-order valence-corrected chi connectivity index (χ3v) is 3.92. The van der Waals surface area contributed by atoms with Crippen LogP contribution in [0.2, 0.25) is 0 Å². The molecule has 26 heavy (non-hydrogen) atoms. The van der Waals surface area contributed by atoms with Crippen molar-refractivity contribution in [3.63, 3.8) is 0 Å². The van der Waals surface area contributed by atoms with Gasteiger partial charge in [-0.15, -0.1) is 0 Å². The van der Waals surface area contributed by atoms with Crippen LogP contribution in [0.5, 0.6) is 0 Å². The first-order valence-corrected chi connectivity index (χ1v) is 7.76. The van der Waals surface area contributed by atoms with Crippen LogP contribution in [0.4, 0.5) is 18.9 Å². The number of anilines is 1. The normalized spacial score (nSPS) is 11.4. The molecule has 7 heteroatoms. The third-order valence-electron chi connectivity index (χ3n) is 3.92. The van der Waals surface area contributed by atoms with Crippen molar-refractivity contribution < 1.29 is 22.4 Å². The number of carbonyl (C=O) groups is 1. The number of rotatable bonds is 3. The fourth-order valence-corrected chi connectivity index (χ4v) is 2.50. The van der Waals surface area contributed by atoms with Crippen LogP contribution in [-0.2, 0) is 6.18 Å². The van der Waals surface area contributed by atoms with Gasteiger partial charge in [0, 0.05) is 11.3 Å². The summed E-state index contributed by atoms with van der Waals surface area (Å²) in [5.74, 6) is -0.380. The number of amides is 1. The summed E-state index contributed by atoms with van der Waals surface area (Å²) in [6.45, 7) is 3.75. The SMILES string of the molecule is Cc1cccc(C)c1NC(=O)c1coc(-c2ccc(C(F)(F)F)cc2)n1. The molecule has 0 atom stereocenters. The minimum Gasteiger partial charge on any atom is -0.444 e. The molecule has 0 aliphatic heterocycles. The molecule has 0 saturated heterocycles. The number of benzene rings is 2. The molecule has 4 nitrogen and oxygen atoms in total. The number of aryl methyl sites for hydroxylation is 2. The minimum absolute atomic E-state index is 0.0440. The first-order valence-electron chi connectivity index (χ1n) is 7.76. The number of aromatic nitrogens is 1. The largest absolute Gasteiger partial charge is 0.444 e. The second-order valence-corrected chi connectivity index (χ2v) is 5.83. The van der Waals surface area contributed by atoms with Gasteiger partial charge in [-0.3, -0.25) is 4.79 Å². The summed E-state index contributed by atoms with van der Waals surface area (Å²) in [6.07, 6.45) is -3.23. The Hall–Kier alpha value is -3.09. The van der Waals surface area contributed by atoms with Gasteiger partial charge in [0.2, 0.25) is 5.89 Å². The molecular formula is C19H15F3N2O2. The van der Waals surface area contributed by atoms with Gasteiger partial charge < -0.3 is 9.73 Å². The Kier molecular flexibility index (Phi) is 4.54. The van der Waals surface area contributed by atoms with Gasteiger partial charge in [0.15, 0.2) is 5.69 Å². The van der Waals surface area contributed by atoms with Crippen molar-refractivity contribution >= 4 is 11.6 Å². The first kappa shape index (κ1) is 17.7. The second kappa shape index (κ2) is 6.67. The molecule has 0 fully saturated rings. The van der Waals surface area contributed by atoms with Crippen molar-refractivity contribution in [1.82, 2.24) is 4.98 Å². The lowest BCUT2D eigenvalue weighted by molar-refractivity contribution is -0.137. The van der Waals surface area contributed by atoms with E-state index in [2.05, 4.69) is 10.3 Å². The summed E-state index contributed by atoms with van der Waals surface area (Å²) in [7, 11) is 0. The smallest absolute Gasteiger partial charge is 0.416 e. The predicted molar refractivity (Wildman–Crippen MR) is 90.8 cm³/mol. The maximum atomic E-state index is 12.6. The molecule has 0 aliphatic carbocycles. The number of nitrogens with one attached hydrogen (secondary N) is 1. The van der Waals surface area contributed by atoms with Gasteiger partial charge in [0.25, 0.3) is 5.91 Å². The Morgan fingerprint density at radius 1 is 1.04 bits per heavy atom. The fraction of sp³-hybridized carbons (Fsp3) is 0.158. The van der Waals surface area contributed by atoms with Crippen LogP contribution < -0.4 is 5.32 Å². The number of oxazole rings is 1. The highest BCUT2D eigenvalue weighted by Gasteiger charge is 2.30. The van der Waals surface area contributed by atoms with E-state index in [0.717, 1.165) is 23.3 Å². The molecule has 1 aromatic heterocycles. The van der Waals surface area contributed by atoms with E-state index in [4.69, 9.17) is 4.42 Å². The van der Waals surface area contributed by atoms with Gasteiger partial charge in [0.05, 0.1) is 5.56 Å². The molecular weight excluding hydrogens is 345 g/mol.